The largest absolute Gasteiger partial charge is 0.314 e. The zero-order chi connectivity index (χ0) is 11.6. The Morgan fingerprint density at radius 2 is 1.69 bits per heavy atom. The van der Waals surface area contributed by atoms with E-state index in [1.807, 2.05) is 12.1 Å². The molecule has 1 aliphatic heterocycles. The number of sulfonamides is 1. The molecular formula is C10H13IN2O2S. The molecule has 0 amide bonds. The lowest BCUT2D eigenvalue weighted by Gasteiger charge is -2.26. The zero-order valence-corrected chi connectivity index (χ0v) is 11.7. The Hall–Kier alpha value is -0.180. The molecule has 1 aromatic carbocycles. The topological polar surface area (TPSA) is 49.4 Å². The Kier molecular flexibility index (Phi) is 3.83. The summed E-state index contributed by atoms with van der Waals surface area (Å²) in [6.45, 7) is 2.55. The first kappa shape index (κ1) is 12.3. The van der Waals surface area contributed by atoms with Gasteiger partial charge in [0.2, 0.25) is 10.0 Å². The third-order valence-electron chi connectivity index (χ3n) is 2.53. The molecule has 4 nitrogen and oxygen atoms in total. The normalized spacial score (nSPS) is 18.6. The Morgan fingerprint density at radius 1 is 1.12 bits per heavy atom. The summed E-state index contributed by atoms with van der Waals surface area (Å²) >= 11 is 2.16. The van der Waals surface area contributed by atoms with Crippen molar-refractivity contribution in [2.45, 2.75) is 4.90 Å². The van der Waals surface area contributed by atoms with Gasteiger partial charge in [-0.15, -0.1) is 0 Å². The molecular weight excluding hydrogens is 339 g/mol. The predicted octanol–water partition coefficient (Wildman–Crippen LogP) is 0.885. The maximum absolute atomic E-state index is 12.2. The van der Waals surface area contributed by atoms with Crippen molar-refractivity contribution in [1.82, 2.24) is 9.62 Å². The lowest BCUT2D eigenvalue weighted by Crippen LogP contribution is -2.46. The van der Waals surface area contributed by atoms with Crippen molar-refractivity contribution < 1.29 is 8.42 Å². The van der Waals surface area contributed by atoms with Gasteiger partial charge in [-0.05, 0) is 46.9 Å². The minimum Gasteiger partial charge on any atom is -0.314 e. The molecule has 0 bridgehead atoms. The number of hydrogen-bond acceptors (Lipinski definition) is 3. The van der Waals surface area contributed by atoms with Crippen LogP contribution in [0.4, 0.5) is 0 Å². The molecule has 0 unspecified atom stereocenters. The highest BCUT2D eigenvalue weighted by Gasteiger charge is 2.25. The minimum atomic E-state index is -3.29. The lowest BCUT2D eigenvalue weighted by atomic mass is 10.4. The van der Waals surface area contributed by atoms with Crippen molar-refractivity contribution in [3.8, 4) is 0 Å². The number of rotatable bonds is 2. The lowest BCUT2D eigenvalue weighted by molar-refractivity contribution is 0.360. The van der Waals surface area contributed by atoms with E-state index in [-0.39, 0.29) is 0 Å². The molecule has 6 heteroatoms. The second-order valence-electron chi connectivity index (χ2n) is 3.61. The summed E-state index contributed by atoms with van der Waals surface area (Å²) in [4.78, 5) is 0.384. The Labute approximate surface area is 109 Å². The van der Waals surface area contributed by atoms with Crippen LogP contribution in [0.3, 0.4) is 0 Å². The number of halogens is 1. The summed E-state index contributed by atoms with van der Waals surface area (Å²) in [5, 5.41) is 3.14. The quantitative estimate of drug-likeness (QED) is 0.805. The molecule has 1 fully saturated rings. The van der Waals surface area contributed by atoms with Gasteiger partial charge in [0.1, 0.15) is 0 Å². The van der Waals surface area contributed by atoms with Gasteiger partial charge in [0.15, 0.2) is 0 Å². The summed E-state index contributed by atoms with van der Waals surface area (Å²) in [5.41, 5.74) is 0. The van der Waals surface area contributed by atoms with Gasteiger partial charge < -0.3 is 5.32 Å². The molecule has 16 heavy (non-hydrogen) atoms. The molecule has 0 aromatic heterocycles. The van der Waals surface area contributed by atoms with E-state index in [0.29, 0.717) is 18.0 Å². The number of piperazine rings is 1. The van der Waals surface area contributed by atoms with Gasteiger partial charge in [0.25, 0.3) is 0 Å². The third-order valence-corrected chi connectivity index (χ3v) is 5.16. The van der Waals surface area contributed by atoms with Crippen LogP contribution in [-0.2, 0) is 10.0 Å². The fraction of sp³-hybridized carbons (Fsp3) is 0.400. The van der Waals surface area contributed by atoms with Gasteiger partial charge in [0, 0.05) is 29.7 Å². The average molecular weight is 352 g/mol. The summed E-state index contributed by atoms with van der Waals surface area (Å²) in [6, 6.07) is 6.96. The highest BCUT2D eigenvalue weighted by atomic mass is 127. The highest BCUT2D eigenvalue weighted by molar-refractivity contribution is 14.1. The van der Waals surface area contributed by atoms with E-state index in [2.05, 4.69) is 27.9 Å². The van der Waals surface area contributed by atoms with Gasteiger partial charge in [0.05, 0.1) is 4.90 Å². The highest BCUT2D eigenvalue weighted by Crippen LogP contribution is 2.17. The van der Waals surface area contributed by atoms with Gasteiger partial charge in [-0.25, -0.2) is 8.42 Å². The summed E-state index contributed by atoms with van der Waals surface area (Å²) in [6.07, 6.45) is 0. The van der Waals surface area contributed by atoms with E-state index in [1.165, 1.54) is 4.31 Å². The monoisotopic (exact) mass is 352 g/mol. The maximum atomic E-state index is 12.2. The first-order valence-corrected chi connectivity index (χ1v) is 7.59. The summed E-state index contributed by atoms with van der Waals surface area (Å²) in [5.74, 6) is 0. The first-order valence-electron chi connectivity index (χ1n) is 5.07. The van der Waals surface area contributed by atoms with Crippen LogP contribution < -0.4 is 5.32 Å². The second kappa shape index (κ2) is 4.99. The molecule has 0 spiro atoms. The summed E-state index contributed by atoms with van der Waals surface area (Å²) in [7, 11) is -3.29. The van der Waals surface area contributed by atoms with Crippen molar-refractivity contribution in [1.29, 1.82) is 0 Å². The molecule has 0 radical (unpaired) electrons. The smallest absolute Gasteiger partial charge is 0.243 e. The van der Waals surface area contributed by atoms with E-state index < -0.39 is 10.0 Å². The molecule has 0 saturated carbocycles. The molecule has 0 atom stereocenters. The van der Waals surface area contributed by atoms with Crippen LogP contribution in [0.1, 0.15) is 0 Å². The Balaban J connectivity index is 2.27. The zero-order valence-electron chi connectivity index (χ0n) is 8.69. The predicted molar refractivity (Wildman–Crippen MR) is 70.8 cm³/mol. The second-order valence-corrected chi connectivity index (χ2v) is 6.79. The standard InChI is InChI=1S/C10H13IN2O2S/c11-9-1-3-10(4-2-9)16(14,15)13-7-5-12-6-8-13/h1-4,12H,5-8H2. The van der Waals surface area contributed by atoms with Crippen LogP contribution >= 0.6 is 22.6 Å². The van der Waals surface area contributed by atoms with E-state index in [1.54, 1.807) is 12.1 Å². The third kappa shape index (κ3) is 2.55. The molecule has 1 aliphatic rings. The van der Waals surface area contributed by atoms with Crippen molar-refractivity contribution in [2.24, 2.45) is 0 Å². The first-order chi connectivity index (χ1) is 7.60. The molecule has 1 heterocycles. The minimum absolute atomic E-state index is 0.384. The van der Waals surface area contributed by atoms with Crippen LogP contribution in [0.15, 0.2) is 29.2 Å². The van der Waals surface area contributed by atoms with Crippen molar-refractivity contribution in [3.63, 3.8) is 0 Å². The fourth-order valence-electron chi connectivity index (χ4n) is 1.64. The van der Waals surface area contributed by atoms with Crippen LogP contribution in [0.5, 0.6) is 0 Å². The molecule has 1 aromatic rings. The molecule has 1 saturated heterocycles. The number of nitrogens with zero attached hydrogens (tertiary/aromatic N) is 1. The fourth-order valence-corrected chi connectivity index (χ4v) is 3.44. The SMILES string of the molecule is O=S(=O)(c1ccc(I)cc1)N1CCNCC1. The van der Waals surface area contributed by atoms with E-state index in [4.69, 9.17) is 0 Å². The van der Waals surface area contributed by atoms with Crippen LogP contribution in [0.25, 0.3) is 0 Å². The van der Waals surface area contributed by atoms with Crippen molar-refractivity contribution >= 4 is 32.6 Å². The molecule has 2 rings (SSSR count). The van der Waals surface area contributed by atoms with E-state index in [9.17, 15) is 8.42 Å². The number of benzene rings is 1. The van der Waals surface area contributed by atoms with E-state index >= 15 is 0 Å². The van der Waals surface area contributed by atoms with Crippen LogP contribution in [0, 0.1) is 3.57 Å². The van der Waals surface area contributed by atoms with Crippen molar-refractivity contribution in [3.05, 3.63) is 27.8 Å². The molecule has 88 valence electrons. The Bertz CT molecular complexity index is 452. The van der Waals surface area contributed by atoms with Gasteiger partial charge in [-0.2, -0.15) is 4.31 Å². The summed E-state index contributed by atoms with van der Waals surface area (Å²) < 4.78 is 27.0. The number of nitrogens with one attached hydrogen (secondary N) is 1. The number of hydrogen-bond donors (Lipinski definition) is 1. The van der Waals surface area contributed by atoms with Gasteiger partial charge in [-0.1, -0.05) is 0 Å². The van der Waals surface area contributed by atoms with Crippen molar-refractivity contribution in [2.75, 3.05) is 26.2 Å². The average Bonchev–Trinajstić information content (AvgIpc) is 2.31. The molecule has 0 aliphatic carbocycles. The van der Waals surface area contributed by atoms with Gasteiger partial charge in [-0.3, -0.25) is 0 Å². The molecule has 1 N–H and O–H groups in total. The Morgan fingerprint density at radius 3 is 2.25 bits per heavy atom. The van der Waals surface area contributed by atoms with Gasteiger partial charge >= 0.3 is 0 Å². The maximum Gasteiger partial charge on any atom is 0.243 e. The van der Waals surface area contributed by atoms with E-state index in [0.717, 1.165) is 16.7 Å². The van der Waals surface area contributed by atoms with Crippen LogP contribution in [0.2, 0.25) is 0 Å². The van der Waals surface area contributed by atoms with Crippen LogP contribution in [-0.4, -0.2) is 38.9 Å².